The number of hydrogen-bond donors (Lipinski definition) is 2. The highest BCUT2D eigenvalue weighted by Gasteiger charge is 2.20. The largest absolute Gasteiger partial charge is 0.357 e. The number of nitrogens with one attached hydrogen (secondary N) is 2. The van der Waals surface area contributed by atoms with Crippen LogP contribution in [-0.4, -0.2) is 43.4 Å². The van der Waals surface area contributed by atoms with E-state index in [9.17, 15) is 4.79 Å². The van der Waals surface area contributed by atoms with Crippen LogP contribution in [0.15, 0.2) is 29.3 Å². The standard InChI is InChI=1S/C20H34N4O/c1-7-16-9-11-17(12-10-16)15-24(6)19(21-8-2)23-14-13-22-18(25)20(3,4)5/h9-12H,7-8,13-15H2,1-6H3,(H,21,23)(H,22,25). The van der Waals surface area contributed by atoms with Crippen molar-refractivity contribution in [1.82, 2.24) is 15.5 Å². The number of benzene rings is 1. The Hall–Kier alpha value is -2.04. The molecule has 1 aromatic carbocycles. The van der Waals surface area contributed by atoms with E-state index >= 15 is 0 Å². The van der Waals surface area contributed by atoms with E-state index in [2.05, 4.69) is 58.6 Å². The summed E-state index contributed by atoms with van der Waals surface area (Å²) in [6.45, 7) is 12.7. The highest BCUT2D eigenvalue weighted by atomic mass is 16.2. The van der Waals surface area contributed by atoms with Crippen molar-refractivity contribution in [3.05, 3.63) is 35.4 Å². The molecule has 0 saturated carbocycles. The zero-order chi connectivity index (χ0) is 18.9. The van der Waals surface area contributed by atoms with Gasteiger partial charge in [-0.1, -0.05) is 52.0 Å². The van der Waals surface area contributed by atoms with E-state index in [-0.39, 0.29) is 11.3 Å². The normalized spacial score (nSPS) is 12.0. The van der Waals surface area contributed by atoms with Gasteiger partial charge in [0, 0.05) is 32.1 Å². The van der Waals surface area contributed by atoms with Crippen LogP contribution < -0.4 is 10.6 Å². The van der Waals surface area contributed by atoms with Gasteiger partial charge in [-0.15, -0.1) is 0 Å². The Morgan fingerprint density at radius 3 is 2.20 bits per heavy atom. The van der Waals surface area contributed by atoms with Crippen molar-refractivity contribution in [2.45, 2.75) is 47.6 Å². The summed E-state index contributed by atoms with van der Waals surface area (Å²) >= 11 is 0. The lowest BCUT2D eigenvalue weighted by Gasteiger charge is -2.22. The van der Waals surface area contributed by atoms with Crippen molar-refractivity contribution < 1.29 is 4.79 Å². The molecule has 0 bridgehead atoms. The molecule has 5 nitrogen and oxygen atoms in total. The second-order valence-corrected chi connectivity index (χ2v) is 7.27. The predicted molar refractivity (Wildman–Crippen MR) is 106 cm³/mol. The summed E-state index contributed by atoms with van der Waals surface area (Å²) in [5.74, 6) is 0.907. The molecule has 0 atom stereocenters. The Morgan fingerprint density at radius 2 is 1.68 bits per heavy atom. The Balaban J connectivity index is 2.59. The number of carbonyl (C=O) groups is 1. The molecule has 0 aliphatic heterocycles. The molecule has 0 saturated heterocycles. The maximum atomic E-state index is 11.9. The predicted octanol–water partition coefficient (Wildman–Crippen LogP) is 2.81. The Bertz CT molecular complexity index is 558. The van der Waals surface area contributed by atoms with Gasteiger partial charge >= 0.3 is 0 Å². The number of guanidine groups is 1. The van der Waals surface area contributed by atoms with Gasteiger partial charge in [-0.3, -0.25) is 9.79 Å². The fourth-order valence-electron chi connectivity index (χ4n) is 2.30. The van der Waals surface area contributed by atoms with Crippen LogP contribution in [0.5, 0.6) is 0 Å². The van der Waals surface area contributed by atoms with Crippen LogP contribution in [0, 0.1) is 5.41 Å². The number of nitrogens with zero attached hydrogens (tertiary/aromatic N) is 2. The molecule has 5 heteroatoms. The first-order valence-electron chi connectivity index (χ1n) is 9.13. The van der Waals surface area contributed by atoms with E-state index in [0.29, 0.717) is 13.1 Å². The molecule has 1 aromatic rings. The van der Waals surface area contributed by atoms with Crippen LogP contribution in [0.4, 0.5) is 0 Å². The zero-order valence-electron chi connectivity index (χ0n) is 16.6. The minimum Gasteiger partial charge on any atom is -0.357 e. The van der Waals surface area contributed by atoms with Crippen molar-refractivity contribution >= 4 is 11.9 Å². The number of amides is 1. The molecule has 0 unspecified atom stereocenters. The smallest absolute Gasteiger partial charge is 0.225 e. The van der Waals surface area contributed by atoms with Gasteiger partial charge in [-0.25, -0.2) is 0 Å². The average molecular weight is 347 g/mol. The molecule has 1 amide bonds. The molecule has 0 spiro atoms. The van der Waals surface area contributed by atoms with Gasteiger partial charge in [0.25, 0.3) is 0 Å². The lowest BCUT2D eigenvalue weighted by molar-refractivity contribution is -0.128. The summed E-state index contributed by atoms with van der Waals surface area (Å²) in [6, 6.07) is 8.69. The number of aliphatic imine (C=N–C) groups is 1. The van der Waals surface area contributed by atoms with Gasteiger partial charge in [-0.05, 0) is 24.5 Å². The van der Waals surface area contributed by atoms with Crippen LogP contribution >= 0.6 is 0 Å². The van der Waals surface area contributed by atoms with Gasteiger partial charge in [-0.2, -0.15) is 0 Å². The zero-order valence-corrected chi connectivity index (χ0v) is 16.6. The van der Waals surface area contributed by atoms with E-state index < -0.39 is 0 Å². The molecular formula is C20H34N4O. The van der Waals surface area contributed by atoms with E-state index in [4.69, 9.17) is 0 Å². The maximum Gasteiger partial charge on any atom is 0.225 e. The second kappa shape index (κ2) is 10.1. The summed E-state index contributed by atoms with van der Waals surface area (Å²) in [6.07, 6.45) is 1.06. The highest BCUT2D eigenvalue weighted by Crippen LogP contribution is 2.12. The quantitative estimate of drug-likeness (QED) is 0.453. The lowest BCUT2D eigenvalue weighted by Crippen LogP contribution is -2.40. The SMILES string of the molecule is CCNC(=NCCNC(=O)C(C)(C)C)N(C)Cc1ccc(CC)cc1. The third-order valence-corrected chi connectivity index (χ3v) is 3.89. The van der Waals surface area contributed by atoms with Crippen molar-refractivity contribution in [3.8, 4) is 0 Å². The van der Waals surface area contributed by atoms with Crippen LogP contribution in [0.3, 0.4) is 0 Å². The molecule has 25 heavy (non-hydrogen) atoms. The molecule has 0 heterocycles. The van der Waals surface area contributed by atoms with E-state index in [1.54, 1.807) is 0 Å². The summed E-state index contributed by atoms with van der Waals surface area (Å²) in [5.41, 5.74) is 2.24. The minimum absolute atomic E-state index is 0.0528. The topological polar surface area (TPSA) is 56.7 Å². The molecule has 0 aromatic heterocycles. The Kier molecular flexibility index (Phi) is 8.46. The van der Waals surface area contributed by atoms with Gasteiger partial charge in [0.15, 0.2) is 5.96 Å². The number of hydrogen-bond acceptors (Lipinski definition) is 2. The number of rotatable bonds is 7. The average Bonchev–Trinajstić information content (AvgIpc) is 2.57. The van der Waals surface area contributed by atoms with Crippen LogP contribution in [-0.2, 0) is 17.8 Å². The summed E-state index contributed by atoms with van der Waals surface area (Å²) in [5, 5.41) is 6.24. The summed E-state index contributed by atoms with van der Waals surface area (Å²) in [4.78, 5) is 18.6. The highest BCUT2D eigenvalue weighted by molar-refractivity contribution is 5.81. The first-order chi connectivity index (χ1) is 11.8. The minimum atomic E-state index is -0.365. The maximum absolute atomic E-state index is 11.9. The monoisotopic (exact) mass is 346 g/mol. The van der Waals surface area contributed by atoms with Gasteiger partial charge in [0.2, 0.25) is 5.91 Å². The second-order valence-electron chi connectivity index (χ2n) is 7.27. The van der Waals surface area contributed by atoms with E-state index in [1.807, 2.05) is 27.8 Å². The molecule has 140 valence electrons. The van der Waals surface area contributed by atoms with Crippen LogP contribution in [0.25, 0.3) is 0 Å². The third-order valence-electron chi connectivity index (χ3n) is 3.89. The molecule has 0 aliphatic carbocycles. The molecule has 2 N–H and O–H groups in total. The van der Waals surface area contributed by atoms with E-state index in [1.165, 1.54) is 11.1 Å². The van der Waals surface area contributed by atoms with Crippen LogP contribution in [0.1, 0.15) is 45.7 Å². The Labute approximate surface area is 152 Å². The van der Waals surface area contributed by atoms with E-state index in [0.717, 1.165) is 25.5 Å². The van der Waals surface area contributed by atoms with Crippen molar-refractivity contribution in [1.29, 1.82) is 0 Å². The van der Waals surface area contributed by atoms with Crippen molar-refractivity contribution in [2.24, 2.45) is 10.4 Å². The molecule has 0 fully saturated rings. The van der Waals surface area contributed by atoms with Crippen molar-refractivity contribution in [3.63, 3.8) is 0 Å². The first-order valence-corrected chi connectivity index (χ1v) is 9.13. The molecular weight excluding hydrogens is 312 g/mol. The van der Waals surface area contributed by atoms with Gasteiger partial charge in [0.1, 0.15) is 0 Å². The lowest BCUT2D eigenvalue weighted by atomic mass is 9.96. The molecule has 1 rings (SSSR count). The molecule has 0 radical (unpaired) electrons. The summed E-state index contributed by atoms with van der Waals surface area (Å²) < 4.78 is 0. The number of carbonyl (C=O) groups excluding carboxylic acids is 1. The Morgan fingerprint density at radius 1 is 1.08 bits per heavy atom. The summed E-state index contributed by atoms with van der Waals surface area (Å²) in [7, 11) is 2.03. The first kappa shape index (κ1) is 21.0. The fourth-order valence-corrected chi connectivity index (χ4v) is 2.30. The van der Waals surface area contributed by atoms with Gasteiger partial charge < -0.3 is 15.5 Å². The van der Waals surface area contributed by atoms with Crippen molar-refractivity contribution in [2.75, 3.05) is 26.7 Å². The molecule has 0 aliphatic rings. The van der Waals surface area contributed by atoms with Crippen LogP contribution in [0.2, 0.25) is 0 Å². The third kappa shape index (κ3) is 7.59. The number of aryl methyl sites for hydroxylation is 1. The fraction of sp³-hybridized carbons (Fsp3) is 0.600. The van der Waals surface area contributed by atoms with Gasteiger partial charge in [0.05, 0.1) is 6.54 Å².